The number of guanidine groups is 1. The van der Waals surface area contributed by atoms with Gasteiger partial charge in [0.1, 0.15) is 5.69 Å². The van der Waals surface area contributed by atoms with E-state index in [0.717, 1.165) is 24.1 Å². The molecule has 3 rings (SSSR count). The molecule has 1 aliphatic rings. The van der Waals surface area contributed by atoms with Gasteiger partial charge in [-0.3, -0.25) is 0 Å². The third kappa shape index (κ3) is 3.05. The van der Waals surface area contributed by atoms with Crippen LogP contribution in [0, 0.1) is 0 Å². The molecule has 1 unspecified atom stereocenters. The minimum Gasteiger partial charge on any atom is -0.370 e. The van der Waals surface area contributed by atoms with Crippen molar-refractivity contribution in [3.8, 4) is 0 Å². The molecule has 1 aliphatic heterocycles. The van der Waals surface area contributed by atoms with Gasteiger partial charge in [-0.25, -0.2) is 4.98 Å². The van der Waals surface area contributed by atoms with Crippen molar-refractivity contribution in [1.29, 1.82) is 0 Å². The number of aliphatic imine (C=N–C) groups is 1. The number of fused-ring (bicyclic) bond motifs is 1. The average molecular weight is 285 g/mol. The third-order valence-electron chi connectivity index (χ3n) is 3.39. The van der Waals surface area contributed by atoms with Crippen LogP contribution in [-0.2, 0) is 17.8 Å². The van der Waals surface area contributed by atoms with Crippen LogP contribution >= 0.6 is 0 Å². The van der Waals surface area contributed by atoms with E-state index in [-0.39, 0.29) is 6.23 Å². The molecule has 2 heterocycles. The number of imidazole rings is 1. The lowest BCUT2D eigenvalue weighted by atomic mass is 10.1. The third-order valence-corrected chi connectivity index (χ3v) is 3.39. The van der Waals surface area contributed by atoms with Crippen LogP contribution < -0.4 is 11.1 Å². The molecule has 0 amide bonds. The Hall–Kier alpha value is -2.34. The number of benzene rings is 1. The van der Waals surface area contributed by atoms with Gasteiger partial charge >= 0.3 is 0 Å². The topological polar surface area (TPSA) is 88.3 Å². The summed E-state index contributed by atoms with van der Waals surface area (Å²) in [6.07, 6.45) is 3.47. The van der Waals surface area contributed by atoms with E-state index in [1.165, 1.54) is 5.56 Å². The minimum atomic E-state index is -0.376. The number of rotatable bonds is 5. The van der Waals surface area contributed by atoms with Crippen LogP contribution in [0.5, 0.6) is 0 Å². The Bertz CT molecular complexity index is 632. The summed E-state index contributed by atoms with van der Waals surface area (Å²) in [7, 11) is 0. The van der Waals surface area contributed by atoms with Crippen LogP contribution in [0.25, 0.3) is 0 Å². The molecule has 0 saturated heterocycles. The SMILES string of the molecule is CCCc1ccc(COC2NC(N)=Nc3[nH]cnc32)cc1. The van der Waals surface area contributed by atoms with Crippen molar-refractivity contribution in [2.75, 3.05) is 0 Å². The number of aromatic nitrogens is 2. The van der Waals surface area contributed by atoms with Gasteiger partial charge in [-0.05, 0) is 17.5 Å². The molecule has 6 nitrogen and oxygen atoms in total. The normalized spacial score (nSPS) is 17.0. The van der Waals surface area contributed by atoms with E-state index in [1.807, 2.05) is 0 Å². The molecule has 1 aromatic heterocycles. The van der Waals surface area contributed by atoms with Gasteiger partial charge < -0.3 is 20.8 Å². The molecular formula is C15H19N5O. The quantitative estimate of drug-likeness (QED) is 0.785. The number of nitrogens with zero attached hydrogens (tertiary/aromatic N) is 2. The Morgan fingerprint density at radius 3 is 2.76 bits per heavy atom. The highest BCUT2D eigenvalue weighted by molar-refractivity contribution is 5.82. The molecule has 2 aromatic rings. The first-order valence-electron chi connectivity index (χ1n) is 7.09. The Balaban J connectivity index is 1.64. The molecule has 0 spiro atoms. The van der Waals surface area contributed by atoms with Gasteiger partial charge in [-0.1, -0.05) is 37.6 Å². The Morgan fingerprint density at radius 1 is 1.24 bits per heavy atom. The number of aromatic amines is 1. The van der Waals surface area contributed by atoms with Gasteiger partial charge in [-0.15, -0.1) is 0 Å². The maximum atomic E-state index is 5.87. The summed E-state index contributed by atoms with van der Waals surface area (Å²) >= 11 is 0. The lowest BCUT2D eigenvalue weighted by Gasteiger charge is -2.22. The highest BCUT2D eigenvalue weighted by Gasteiger charge is 2.23. The number of ether oxygens (including phenoxy) is 1. The van der Waals surface area contributed by atoms with Gasteiger partial charge in [0, 0.05) is 0 Å². The standard InChI is InChI=1S/C15H19N5O/c1-2-3-10-4-6-11(7-5-10)8-21-14-12-13(18-9-17-12)19-15(16)20-14/h4-7,9,14H,2-3,8H2,1H3,(H,17,18)(H3,16,19,20). The second-order valence-electron chi connectivity index (χ2n) is 5.04. The van der Waals surface area contributed by atoms with Gasteiger partial charge in [0.2, 0.25) is 0 Å². The second kappa shape index (κ2) is 5.97. The van der Waals surface area contributed by atoms with E-state index >= 15 is 0 Å². The fourth-order valence-corrected chi connectivity index (χ4v) is 2.33. The molecular weight excluding hydrogens is 266 g/mol. The van der Waals surface area contributed by atoms with Gasteiger partial charge in [0.15, 0.2) is 18.0 Å². The van der Waals surface area contributed by atoms with Crippen molar-refractivity contribution in [3.05, 3.63) is 47.4 Å². The van der Waals surface area contributed by atoms with Crippen molar-refractivity contribution in [2.24, 2.45) is 10.7 Å². The molecule has 6 heteroatoms. The monoisotopic (exact) mass is 285 g/mol. The average Bonchev–Trinajstić information content (AvgIpc) is 2.94. The van der Waals surface area contributed by atoms with Crippen LogP contribution in [0.2, 0.25) is 0 Å². The molecule has 0 bridgehead atoms. The fourth-order valence-electron chi connectivity index (χ4n) is 2.33. The van der Waals surface area contributed by atoms with E-state index < -0.39 is 0 Å². The molecule has 21 heavy (non-hydrogen) atoms. The van der Waals surface area contributed by atoms with Crippen LogP contribution in [0.15, 0.2) is 35.6 Å². The van der Waals surface area contributed by atoms with Crippen molar-refractivity contribution < 1.29 is 4.74 Å². The Labute approximate surface area is 123 Å². The first-order chi connectivity index (χ1) is 10.3. The first-order valence-corrected chi connectivity index (χ1v) is 7.09. The second-order valence-corrected chi connectivity index (χ2v) is 5.04. The number of hydrogen-bond acceptors (Lipinski definition) is 5. The van der Waals surface area contributed by atoms with Crippen molar-refractivity contribution in [2.45, 2.75) is 32.6 Å². The van der Waals surface area contributed by atoms with E-state index in [0.29, 0.717) is 18.4 Å². The van der Waals surface area contributed by atoms with Gasteiger partial charge in [0.05, 0.1) is 12.9 Å². The number of hydrogen-bond donors (Lipinski definition) is 3. The van der Waals surface area contributed by atoms with Crippen LogP contribution in [0.3, 0.4) is 0 Å². The summed E-state index contributed by atoms with van der Waals surface area (Å²) in [5, 5.41) is 2.98. The van der Waals surface area contributed by atoms with E-state index in [2.05, 4.69) is 51.5 Å². The van der Waals surface area contributed by atoms with Crippen molar-refractivity contribution >= 4 is 11.8 Å². The van der Waals surface area contributed by atoms with E-state index in [4.69, 9.17) is 10.5 Å². The lowest BCUT2D eigenvalue weighted by molar-refractivity contribution is 0.0260. The molecule has 0 fully saturated rings. The van der Waals surface area contributed by atoms with Crippen LogP contribution in [0.1, 0.15) is 36.4 Å². The number of aryl methyl sites for hydroxylation is 1. The number of H-pyrrole nitrogens is 1. The highest BCUT2D eigenvalue weighted by atomic mass is 16.5. The predicted octanol–water partition coefficient (Wildman–Crippen LogP) is 2.13. The summed E-state index contributed by atoms with van der Waals surface area (Å²) in [6, 6.07) is 8.48. The van der Waals surface area contributed by atoms with Crippen molar-refractivity contribution in [1.82, 2.24) is 15.3 Å². The first kappa shape index (κ1) is 13.6. The lowest BCUT2D eigenvalue weighted by Crippen LogP contribution is -2.38. The molecule has 0 radical (unpaired) electrons. The fraction of sp³-hybridized carbons (Fsp3) is 0.333. The highest BCUT2D eigenvalue weighted by Crippen LogP contribution is 2.26. The zero-order valence-corrected chi connectivity index (χ0v) is 12.0. The molecule has 1 atom stereocenters. The van der Waals surface area contributed by atoms with E-state index in [9.17, 15) is 0 Å². The molecule has 110 valence electrons. The predicted molar refractivity (Wildman–Crippen MR) is 81.0 cm³/mol. The van der Waals surface area contributed by atoms with E-state index in [1.54, 1.807) is 6.33 Å². The molecule has 0 aliphatic carbocycles. The van der Waals surface area contributed by atoms with Crippen LogP contribution in [0.4, 0.5) is 5.82 Å². The number of nitrogens with one attached hydrogen (secondary N) is 2. The summed E-state index contributed by atoms with van der Waals surface area (Å²) < 4.78 is 5.87. The largest absolute Gasteiger partial charge is 0.370 e. The maximum Gasteiger partial charge on any atom is 0.197 e. The molecule has 4 N–H and O–H groups in total. The molecule has 1 aromatic carbocycles. The minimum absolute atomic E-state index is 0.329. The molecule has 0 saturated carbocycles. The zero-order chi connectivity index (χ0) is 14.7. The maximum absolute atomic E-state index is 5.87. The van der Waals surface area contributed by atoms with Crippen LogP contribution in [-0.4, -0.2) is 15.9 Å². The summed E-state index contributed by atoms with van der Waals surface area (Å²) in [4.78, 5) is 11.3. The van der Waals surface area contributed by atoms with Crippen molar-refractivity contribution in [3.63, 3.8) is 0 Å². The Kier molecular flexibility index (Phi) is 3.87. The Morgan fingerprint density at radius 2 is 2.00 bits per heavy atom. The summed E-state index contributed by atoms with van der Waals surface area (Å²) in [5.41, 5.74) is 8.93. The summed E-state index contributed by atoms with van der Waals surface area (Å²) in [5.74, 6) is 0.976. The van der Waals surface area contributed by atoms with Gasteiger partial charge in [-0.2, -0.15) is 4.99 Å². The summed E-state index contributed by atoms with van der Waals surface area (Å²) in [6.45, 7) is 2.67. The zero-order valence-electron chi connectivity index (χ0n) is 12.0. The van der Waals surface area contributed by atoms with Gasteiger partial charge in [0.25, 0.3) is 0 Å². The smallest absolute Gasteiger partial charge is 0.197 e. The number of nitrogens with two attached hydrogens (primary N) is 1.